The van der Waals surface area contributed by atoms with Crippen molar-refractivity contribution in [2.45, 2.75) is 102 Å². The Morgan fingerprint density at radius 3 is 1.76 bits per heavy atom. The van der Waals surface area contributed by atoms with E-state index in [0.29, 0.717) is 17.8 Å². The van der Waals surface area contributed by atoms with E-state index in [4.69, 9.17) is 14.2 Å². The first-order chi connectivity index (χ1) is 24.0. The molecule has 49 heavy (non-hydrogen) atoms. The molecule has 0 spiro atoms. The molecule has 262 valence electrons. The molecule has 1 N–H and O–H groups in total. The lowest BCUT2D eigenvalue weighted by Gasteiger charge is -2.47. The molecule has 2 aliphatic carbocycles. The second kappa shape index (κ2) is 15.5. The van der Waals surface area contributed by atoms with Gasteiger partial charge in [0.15, 0.2) is 0 Å². The molecule has 2 aromatic carbocycles. The van der Waals surface area contributed by atoms with E-state index >= 15 is 0 Å². The largest absolute Gasteiger partial charge is 0.508 e. The highest BCUT2D eigenvalue weighted by atomic mass is 16.5. The molecule has 0 amide bonds. The van der Waals surface area contributed by atoms with Gasteiger partial charge in [-0.3, -0.25) is 19.2 Å². The van der Waals surface area contributed by atoms with Crippen molar-refractivity contribution in [1.82, 2.24) is 29.4 Å². The number of benzene rings is 2. The predicted octanol–water partition coefficient (Wildman–Crippen LogP) is 4.77. The number of aromatic nitrogens is 4. The standard InChI is InChI=1S/C20H27N3O2.C19H25N3O2/c1-3-9-22-13-16(14-23-10-5-8-21-23)25-20-12-17-15(11-18(20)22)6-4-7-19(17)24-2;1-2-8-21-12-15(13-22-9-4-7-20-22)24-19-11-16-14(10-17(19)21)5-3-6-18(16)23/h4-8,10,16,18,20H,3,9,11-14H2,1-2H3;3-7,9,15,17,19,23H,2,8,10-13H2,1H3/t16-,18+,20+;15-,17+,19+/m00/s1. The van der Waals surface area contributed by atoms with E-state index in [-0.39, 0.29) is 24.4 Å². The highest BCUT2D eigenvalue weighted by Gasteiger charge is 2.42. The number of hydrogen-bond donors (Lipinski definition) is 1. The lowest BCUT2D eigenvalue weighted by atomic mass is 9.83. The van der Waals surface area contributed by atoms with Crippen molar-refractivity contribution in [3.63, 3.8) is 0 Å². The Labute approximate surface area is 290 Å². The number of ether oxygens (including phenoxy) is 3. The lowest BCUT2D eigenvalue weighted by molar-refractivity contribution is -0.128. The molecule has 2 fully saturated rings. The fraction of sp³-hybridized carbons (Fsp3) is 0.538. The second-order valence-corrected chi connectivity index (χ2v) is 14.0. The van der Waals surface area contributed by atoms with Crippen molar-refractivity contribution in [2.24, 2.45) is 0 Å². The minimum absolute atomic E-state index is 0.144. The minimum atomic E-state index is 0.144. The number of aromatic hydroxyl groups is 1. The van der Waals surface area contributed by atoms with Crippen LogP contribution in [0.2, 0.25) is 0 Å². The molecule has 0 radical (unpaired) electrons. The third-order valence-electron chi connectivity index (χ3n) is 10.7. The molecule has 6 atom stereocenters. The minimum Gasteiger partial charge on any atom is -0.508 e. The topological polar surface area (TPSA) is 90.0 Å². The van der Waals surface area contributed by atoms with Crippen molar-refractivity contribution in [2.75, 3.05) is 33.3 Å². The number of morpholine rings is 2. The average molecular weight is 669 g/mol. The zero-order chi connectivity index (χ0) is 33.7. The van der Waals surface area contributed by atoms with Gasteiger partial charge in [-0.15, -0.1) is 0 Å². The van der Waals surface area contributed by atoms with E-state index < -0.39 is 0 Å². The maximum absolute atomic E-state index is 10.2. The number of rotatable bonds is 9. The Bertz CT molecular complexity index is 1630. The number of phenols is 1. The number of methoxy groups -OCH3 is 1. The fourth-order valence-corrected chi connectivity index (χ4v) is 8.57. The summed E-state index contributed by atoms with van der Waals surface area (Å²) in [5.41, 5.74) is 5.07. The van der Waals surface area contributed by atoms with E-state index in [1.54, 1.807) is 13.2 Å². The average Bonchev–Trinajstić information content (AvgIpc) is 3.82. The number of hydrogen-bond acceptors (Lipinski definition) is 8. The smallest absolute Gasteiger partial charge is 0.122 e. The maximum atomic E-state index is 10.2. The van der Waals surface area contributed by atoms with Gasteiger partial charge in [0.05, 0.1) is 44.6 Å². The summed E-state index contributed by atoms with van der Waals surface area (Å²) in [5.74, 6) is 1.40. The molecule has 2 saturated heterocycles. The first-order valence-corrected chi connectivity index (χ1v) is 18.2. The Morgan fingerprint density at radius 1 is 0.714 bits per heavy atom. The second-order valence-electron chi connectivity index (χ2n) is 14.0. The third kappa shape index (κ3) is 7.57. The van der Waals surface area contributed by atoms with Crippen LogP contribution < -0.4 is 4.74 Å². The molecular weight excluding hydrogens is 616 g/mol. The van der Waals surface area contributed by atoms with Crippen LogP contribution in [0.15, 0.2) is 73.3 Å². The Balaban J connectivity index is 0.000000154. The van der Waals surface area contributed by atoms with Gasteiger partial charge in [0, 0.05) is 62.8 Å². The molecule has 8 rings (SSSR count). The molecule has 4 aromatic rings. The summed E-state index contributed by atoms with van der Waals surface area (Å²) in [5, 5.41) is 18.9. The summed E-state index contributed by atoms with van der Waals surface area (Å²) in [6.45, 7) is 10.2. The van der Waals surface area contributed by atoms with Gasteiger partial charge in [0.1, 0.15) is 11.5 Å². The Kier molecular flexibility index (Phi) is 10.7. The quantitative estimate of drug-likeness (QED) is 0.273. The molecule has 2 aliphatic heterocycles. The van der Waals surface area contributed by atoms with E-state index in [1.165, 1.54) is 23.1 Å². The number of nitrogens with zero attached hydrogens (tertiary/aromatic N) is 6. The molecule has 10 nitrogen and oxygen atoms in total. The predicted molar refractivity (Wildman–Crippen MR) is 189 cm³/mol. The molecule has 0 bridgehead atoms. The normalized spacial score (nSPS) is 26.4. The van der Waals surface area contributed by atoms with Gasteiger partial charge in [0.25, 0.3) is 0 Å². The van der Waals surface area contributed by atoms with Crippen LogP contribution in [0, 0.1) is 0 Å². The van der Waals surface area contributed by atoms with Crippen LogP contribution in [-0.4, -0.2) is 104 Å². The van der Waals surface area contributed by atoms with Gasteiger partial charge in [0.2, 0.25) is 0 Å². The highest BCUT2D eigenvalue weighted by molar-refractivity contribution is 5.44. The van der Waals surface area contributed by atoms with Crippen LogP contribution in [-0.2, 0) is 48.2 Å². The van der Waals surface area contributed by atoms with Gasteiger partial charge in [-0.05, 0) is 85.3 Å². The molecule has 4 aliphatic rings. The summed E-state index contributed by atoms with van der Waals surface area (Å²) in [6.07, 6.45) is 14.4. The maximum Gasteiger partial charge on any atom is 0.122 e. The van der Waals surface area contributed by atoms with E-state index in [0.717, 1.165) is 82.7 Å². The Morgan fingerprint density at radius 2 is 1.24 bits per heavy atom. The van der Waals surface area contributed by atoms with E-state index in [2.05, 4.69) is 58.1 Å². The van der Waals surface area contributed by atoms with Crippen LogP contribution in [0.4, 0.5) is 0 Å². The number of fused-ring (bicyclic) bond motifs is 4. The molecular formula is C39H52N6O4. The molecule has 10 heteroatoms. The van der Waals surface area contributed by atoms with Crippen LogP contribution in [0.1, 0.15) is 48.9 Å². The summed E-state index contributed by atoms with van der Waals surface area (Å²) in [7, 11) is 1.76. The van der Waals surface area contributed by atoms with Crippen molar-refractivity contribution in [3.8, 4) is 11.5 Å². The highest BCUT2D eigenvalue weighted by Crippen LogP contribution is 2.37. The van der Waals surface area contributed by atoms with Crippen molar-refractivity contribution >= 4 is 0 Å². The number of phenolic OH excluding ortho intramolecular Hbond substituents is 1. The van der Waals surface area contributed by atoms with Gasteiger partial charge >= 0.3 is 0 Å². The Hall–Kier alpha value is -3.70. The van der Waals surface area contributed by atoms with Gasteiger partial charge in [-0.1, -0.05) is 38.1 Å². The van der Waals surface area contributed by atoms with Crippen molar-refractivity contribution in [1.29, 1.82) is 0 Å². The first-order valence-electron chi connectivity index (χ1n) is 18.2. The van der Waals surface area contributed by atoms with Crippen LogP contribution in [0.5, 0.6) is 11.5 Å². The lowest BCUT2D eigenvalue weighted by Crippen LogP contribution is -2.58. The summed E-state index contributed by atoms with van der Waals surface area (Å²) in [4.78, 5) is 5.21. The zero-order valence-corrected chi connectivity index (χ0v) is 29.2. The van der Waals surface area contributed by atoms with Crippen LogP contribution >= 0.6 is 0 Å². The SMILES string of the molecule is CCCN1C[C@@H](Cn2cccn2)O[C@@H]2Cc3c(O)cccc3C[C@H]21.CCCN1C[C@@H](Cn2cccn2)O[C@@H]2Cc3c(cccc3OC)C[C@H]21. The van der Waals surface area contributed by atoms with Crippen LogP contribution in [0.25, 0.3) is 0 Å². The monoisotopic (exact) mass is 668 g/mol. The van der Waals surface area contributed by atoms with Gasteiger partial charge in [-0.2, -0.15) is 10.2 Å². The fourth-order valence-electron chi connectivity index (χ4n) is 8.57. The van der Waals surface area contributed by atoms with Crippen molar-refractivity contribution < 1.29 is 19.3 Å². The van der Waals surface area contributed by atoms with Crippen LogP contribution in [0.3, 0.4) is 0 Å². The molecule has 0 unspecified atom stereocenters. The van der Waals surface area contributed by atoms with E-state index in [1.807, 2.05) is 52.4 Å². The zero-order valence-electron chi connectivity index (χ0n) is 29.2. The molecule has 4 heterocycles. The first kappa shape index (κ1) is 33.8. The summed E-state index contributed by atoms with van der Waals surface area (Å²) < 4.78 is 22.5. The molecule has 2 aromatic heterocycles. The van der Waals surface area contributed by atoms with E-state index in [9.17, 15) is 5.11 Å². The molecule has 0 saturated carbocycles. The summed E-state index contributed by atoms with van der Waals surface area (Å²) >= 11 is 0. The van der Waals surface area contributed by atoms with Crippen molar-refractivity contribution in [3.05, 3.63) is 95.6 Å². The third-order valence-corrected chi connectivity index (χ3v) is 10.7. The van der Waals surface area contributed by atoms with Gasteiger partial charge < -0.3 is 19.3 Å². The van der Waals surface area contributed by atoms with Gasteiger partial charge in [-0.25, -0.2) is 0 Å². The summed E-state index contributed by atoms with van der Waals surface area (Å²) in [6, 6.07) is 17.1.